The first-order chi connectivity index (χ1) is 6.43. The third-order valence-electron chi connectivity index (χ3n) is 2.61. The van der Waals surface area contributed by atoms with Gasteiger partial charge in [0.1, 0.15) is 0 Å². The molecule has 3 nitrogen and oxygen atoms in total. The van der Waals surface area contributed by atoms with Crippen LogP contribution in [0.4, 0.5) is 0 Å². The van der Waals surface area contributed by atoms with Gasteiger partial charge in [-0.15, -0.1) is 0 Å². The zero-order chi connectivity index (χ0) is 10.4. The maximum atomic E-state index is 11.5. The van der Waals surface area contributed by atoms with Crippen LogP contribution in [0, 0.1) is 0 Å². The molecule has 1 aromatic rings. The second-order valence-corrected chi connectivity index (χ2v) is 5.91. The Morgan fingerprint density at radius 3 is 2.36 bits per heavy atom. The van der Waals surface area contributed by atoms with Crippen molar-refractivity contribution in [1.29, 1.82) is 0 Å². The lowest BCUT2D eigenvalue weighted by Gasteiger charge is -2.13. The lowest BCUT2D eigenvalue weighted by atomic mass is 10.1. The third-order valence-corrected chi connectivity index (χ3v) is 3.77. The Morgan fingerprint density at radius 1 is 1.29 bits per heavy atom. The number of rotatable bonds is 2. The summed E-state index contributed by atoms with van der Waals surface area (Å²) in [4.78, 5) is 0.375. The molecule has 14 heavy (non-hydrogen) atoms. The van der Waals surface area contributed by atoms with E-state index in [-0.39, 0.29) is 5.54 Å². The van der Waals surface area contributed by atoms with Crippen molar-refractivity contribution in [3.8, 4) is 0 Å². The van der Waals surface area contributed by atoms with Crippen LogP contribution in [-0.2, 0) is 15.4 Å². The fourth-order valence-electron chi connectivity index (χ4n) is 1.61. The number of hydrogen-bond donors (Lipinski definition) is 1. The minimum Gasteiger partial charge on any atom is -0.321 e. The molecule has 2 rings (SSSR count). The Morgan fingerprint density at radius 2 is 1.86 bits per heavy atom. The number of sulfone groups is 1. The van der Waals surface area contributed by atoms with Gasteiger partial charge in [0, 0.05) is 11.8 Å². The minimum atomic E-state index is -3.16. The van der Waals surface area contributed by atoms with Crippen LogP contribution >= 0.6 is 0 Å². The van der Waals surface area contributed by atoms with E-state index < -0.39 is 9.84 Å². The molecule has 1 saturated carbocycles. The molecule has 1 aliphatic rings. The maximum Gasteiger partial charge on any atom is 0.175 e. The largest absolute Gasteiger partial charge is 0.321 e. The monoisotopic (exact) mass is 211 g/mol. The van der Waals surface area contributed by atoms with E-state index in [1.54, 1.807) is 12.1 Å². The SMILES string of the molecule is CS(=O)(=O)c1ccccc1C1(N)CC1. The van der Waals surface area contributed by atoms with Crippen LogP contribution in [0.5, 0.6) is 0 Å². The molecule has 0 atom stereocenters. The first-order valence-electron chi connectivity index (χ1n) is 4.52. The molecule has 0 unspecified atom stereocenters. The molecule has 0 bridgehead atoms. The smallest absolute Gasteiger partial charge is 0.175 e. The van der Waals surface area contributed by atoms with Crippen LogP contribution in [0.25, 0.3) is 0 Å². The summed E-state index contributed by atoms with van der Waals surface area (Å²) >= 11 is 0. The molecule has 1 aromatic carbocycles. The van der Waals surface area contributed by atoms with Crippen LogP contribution in [0.1, 0.15) is 18.4 Å². The number of hydrogen-bond acceptors (Lipinski definition) is 3. The van der Waals surface area contributed by atoms with Crippen molar-refractivity contribution < 1.29 is 8.42 Å². The zero-order valence-corrected chi connectivity index (χ0v) is 8.84. The predicted octanol–water partition coefficient (Wildman–Crippen LogP) is 1.04. The fraction of sp³-hybridized carbons (Fsp3) is 0.400. The van der Waals surface area contributed by atoms with E-state index in [1.165, 1.54) is 6.26 Å². The van der Waals surface area contributed by atoms with Gasteiger partial charge in [0.15, 0.2) is 9.84 Å². The summed E-state index contributed by atoms with van der Waals surface area (Å²) in [5.74, 6) is 0. The van der Waals surface area contributed by atoms with Crippen molar-refractivity contribution in [1.82, 2.24) is 0 Å². The predicted molar refractivity (Wildman–Crippen MR) is 54.7 cm³/mol. The highest BCUT2D eigenvalue weighted by atomic mass is 32.2. The molecule has 4 heteroatoms. The van der Waals surface area contributed by atoms with Crippen molar-refractivity contribution in [3.63, 3.8) is 0 Å². The van der Waals surface area contributed by atoms with Crippen molar-refractivity contribution in [2.45, 2.75) is 23.3 Å². The van der Waals surface area contributed by atoms with Gasteiger partial charge in [-0.05, 0) is 24.5 Å². The summed E-state index contributed by atoms with van der Waals surface area (Å²) in [7, 11) is -3.16. The van der Waals surface area contributed by atoms with E-state index in [0.29, 0.717) is 4.90 Å². The molecule has 1 fully saturated rings. The van der Waals surface area contributed by atoms with Crippen molar-refractivity contribution in [3.05, 3.63) is 29.8 Å². The summed E-state index contributed by atoms with van der Waals surface area (Å²) in [6.07, 6.45) is 2.97. The van der Waals surface area contributed by atoms with Gasteiger partial charge in [0.05, 0.1) is 4.90 Å². The van der Waals surface area contributed by atoms with Gasteiger partial charge in [0.25, 0.3) is 0 Å². The van der Waals surface area contributed by atoms with E-state index in [1.807, 2.05) is 12.1 Å². The van der Waals surface area contributed by atoms with Crippen LogP contribution < -0.4 is 5.73 Å². The maximum absolute atomic E-state index is 11.5. The van der Waals surface area contributed by atoms with Gasteiger partial charge in [-0.2, -0.15) is 0 Å². The Hall–Kier alpha value is -0.870. The number of nitrogens with two attached hydrogens (primary N) is 1. The van der Waals surface area contributed by atoms with Crippen LogP contribution in [0.3, 0.4) is 0 Å². The zero-order valence-electron chi connectivity index (χ0n) is 8.03. The first-order valence-corrected chi connectivity index (χ1v) is 6.41. The summed E-state index contributed by atoms with van der Waals surface area (Å²) in [5.41, 5.74) is 6.38. The molecular weight excluding hydrogens is 198 g/mol. The van der Waals surface area contributed by atoms with Gasteiger partial charge in [-0.1, -0.05) is 18.2 Å². The van der Waals surface area contributed by atoms with Crippen LogP contribution in [-0.4, -0.2) is 14.7 Å². The van der Waals surface area contributed by atoms with E-state index >= 15 is 0 Å². The average molecular weight is 211 g/mol. The van der Waals surface area contributed by atoms with Gasteiger partial charge < -0.3 is 5.73 Å². The summed E-state index contributed by atoms with van der Waals surface area (Å²) in [6.45, 7) is 0. The molecule has 0 amide bonds. The van der Waals surface area contributed by atoms with E-state index in [2.05, 4.69) is 0 Å². The van der Waals surface area contributed by atoms with Gasteiger partial charge >= 0.3 is 0 Å². The van der Waals surface area contributed by atoms with Crippen molar-refractivity contribution in [2.24, 2.45) is 5.73 Å². The fourth-order valence-corrected chi connectivity index (χ4v) is 2.60. The van der Waals surface area contributed by atoms with Crippen molar-refractivity contribution >= 4 is 9.84 Å². The Balaban J connectivity index is 2.61. The Bertz CT molecular complexity index is 461. The molecule has 2 N–H and O–H groups in total. The second-order valence-electron chi connectivity index (χ2n) is 3.92. The van der Waals surface area contributed by atoms with Gasteiger partial charge in [0.2, 0.25) is 0 Å². The highest BCUT2D eigenvalue weighted by molar-refractivity contribution is 7.90. The van der Waals surface area contributed by atoms with Crippen LogP contribution in [0.15, 0.2) is 29.2 Å². The average Bonchev–Trinajstić information content (AvgIpc) is 2.84. The lowest BCUT2D eigenvalue weighted by Crippen LogP contribution is -2.21. The van der Waals surface area contributed by atoms with E-state index in [4.69, 9.17) is 5.73 Å². The highest BCUT2D eigenvalue weighted by Crippen LogP contribution is 2.44. The molecule has 0 saturated heterocycles. The standard InChI is InChI=1S/C10H13NO2S/c1-14(12,13)9-5-3-2-4-8(9)10(11)6-7-10/h2-5H,6-7,11H2,1H3. The molecule has 0 aromatic heterocycles. The van der Waals surface area contributed by atoms with Gasteiger partial charge in [-0.25, -0.2) is 8.42 Å². The molecule has 0 radical (unpaired) electrons. The van der Waals surface area contributed by atoms with E-state index in [9.17, 15) is 8.42 Å². The lowest BCUT2D eigenvalue weighted by molar-refractivity contribution is 0.597. The molecular formula is C10H13NO2S. The third kappa shape index (κ3) is 1.55. The molecule has 1 aliphatic carbocycles. The minimum absolute atomic E-state index is 0.375. The molecule has 0 heterocycles. The highest BCUT2D eigenvalue weighted by Gasteiger charge is 2.42. The normalized spacial score (nSPS) is 19.3. The molecule has 76 valence electrons. The quantitative estimate of drug-likeness (QED) is 0.795. The van der Waals surface area contributed by atoms with Crippen molar-refractivity contribution in [2.75, 3.05) is 6.26 Å². The summed E-state index contributed by atoms with van der Waals surface area (Å²) in [6, 6.07) is 6.99. The first kappa shape index (κ1) is 9.68. The second kappa shape index (κ2) is 2.81. The van der Waals surface area contributed by atoms with E-state index in [0.717, 1.165) is 18.4 Å². The summed E-state index contributed by atoms with van der Waals surface area (Å²) < 4.78 is 22.9. The Kier molecular flexibility index (Phi) is 1.94. The summed E-state index contributed by atoms with van der Waals surface area (Å²) in [5, 5.41) is 0. The number of benzene rings is 1. The molecule has 0 aliphatic heterocycles. The van der Waals surface area contributed by atoms with Crippen LogP contribution in [0.2, 0.25) is 0 Å². The Labute approximate surface area is 83.9 Å². The molecule has 0 spiro atoms. The van der Waals surface area contributed by atoms with Gasteiger partial charge in [-0.3, -0.25) is 0 Å². The topological polar surface area (TPSA) is 60.2 Å².